The number of nitro benzene ring substituents is 1. The van der Waals surface area contributed by atoms with Gasteiger partial charge in [0.1, 0.15) is 0 Å². The molecular weight excluding hydrogens is 386 g/mol. The predicted molar refractivity (Wildman–Crippen MR) is 110 cm³/mol. The molecule has 4 rings (SSSR count). The maximum absolute atomic E-state index is 12.8. The Kier molecular flexibility index (Phi) is 5.38. The number of para-hydroxylation sites is 2. The van der Waals surface area contributed by atoms with Gasteiger partial charge in [-0.3, -0.25) is 14.9 Å². The maximum atomic E-state index is 12.8. The molecule has 1 aliphatic heterocycles. The average molecular weight is 403 g/mol. The highest BCUT2D eigenvalue weighted by Crippen LogP contribution is 2.39. The van der Waals surface area contributed by atoms with Crippen molar-refractivity contribution >= 4 is 17.8 Å². The van der Waals surface area contributed by atoms with E-state index >= 15 is 0 Å². The molecule has 1 heterocycles. The van der Waals surface area contributed by atoms with Gasteiger partial charge in [-0.05, 0) is 17.7 Å². The second kappa shape index (κ2) is 8.44. The van der Waals surface area contributed by atoms with E-state index in [1.807, 2.05) is 36.4 Å². The van der Waals surface area contributed by atoms with E-state index in [1.54, 1.807) is 30.3 Å². The number of hydrazone groups is 1. The molecule has 30 heavy (non-hydrogen) atoms. The average Bonchev–Trinajstić information content (AvgIpc) is 2.79. The van der Waals surface area contributed by atoms with Crippen LogP contribution >= 0.6 is 0 Å². The molecule has 0 aliphatic carbocycles. The minimum Gasteiger partial charge on any atom is -0.477 e. The summed E-state index contributed by atoms with van der Waals surface area (Å²) in [6.07, 6.45) is -0.293. The van der Waals surface area contributed by atoms with Crippen LogP contribution in [0.4, 0.5) is 5.69 Å². The van der Waals surface area contributed by atoms with E-state index in [0.717, 1.165) is 5.56 Å². The highest BCUT2D eigenvalue weighted by molar-refractivity contribution is 5.85. The molecule has 8 heteroatoms. The Balaban J connectivity index is 1.53. The number of hydrogen-bond donors (Lipinski definition) is 1. The largest absolute Gasteiger partial charge is 0.477 e. The molecule has 0 aromatic heterocycles. The number of non-ortho nitro benzene ring substituents is 1. The van der Waals surface area contributed by atoms with Crippen molar-refractivity contribution in [1.82, 2.24) is 5.43 Å². The van der Waals surface area contributed by atoms with Crippen molar-refractivity contribution < 1.29 is 19.2 Å². The third kappa shape index (κ3) is 4.12. The molecule has 0 fully saturated rings. The van der Waals surface area contributed by atoms with Crippen molar-refractivity contribution in [3.8, 4) is 11.5 Å². The third-order valence-electron chi connectivity index (χ3n) is 4.49. The summed E-state index contributed by atoms with van der Waals surface area (Å²) in [6, 6.07) is 22.3. The fourth-order valence-electron chi connectivity index (χ4n) is 3.07. The number of amides is 1. The number of nitrogens with one attached hydrogen (secondary N) is 1. The lowest BCUT2D eigenvalue weighted by molar-refractivity contribution is -0.384. The third-order valence-corrected chi connectivity index (χ3v) is 4.49. The van der Waals surface area contributed by atoms with Crippen LogP contribution in [-0.2, 0) is 4.79 Å². The van der Waals surface area contributed by atoms with Crippen LogP contribution in [0.25, 0.3) is 0 Å². The molecule has 3 aromatic carbocycles. The number of rotatable bonds is 5. The van der Waals surface area contributed by atoms with Crippen molar-refractivity contribution in [1.29, 1.82) is 0 Å². The molecule has 1 amide bonds. The molecule has 150 valence electrons. The Morgan fingerprint density at radius 3 is 2.40 bits per heavy atom. The van der Waals surface area contributed by atoms with E-state index in [0.29, 0.717) is 17.1 Å². The lowest BCUT2D eigenvalue weighted by Gasteiger charge is -2.32. The first-order valence-electron chi connectivity index (χ1n) is 9.16. The summed E-state index contributed by atoms with van der Waals surface area (Å²) < 4.78 is 12.0. The van der Waals surface area contributed by atoms with Crippen LogP contribution in [0.5, 0.6) is 11.5 Å². The molecule has 0 spiro atoms. The standard InChI is InChI=1S/C22H17N3O5/c26-22(24-23-14-15-7-6-10-17(13-15)25(27)28)21-20(16-8-2-1-3-9-16)29-18-11-4-5-12-19(18)30-21/h1-14,20-21H,(H,24,26)/b23-14-/t20-,21+/m0/s1. The van der Waals surface area contributed by atoms with Crippen LogP contribution in [0.15, 0.2) is 84.0 Å². The molecule has 2 atom stereocenters. The number of carbonyl (C=O) groups excluding carboxylic acids is 1. The van der Waals surface area contributed by atoms with Gasteiger partial charge >= 0.3 is 0 Å². The Hall–Kier alpha value is -4.20. The Labute approximate surface area is 171 Å². The molecule has 0 saturated carbocycles. The second-order valence-corrected chi connectivity index (χ2v) is 6.52. The van der Waals surface area contributed by atoms with E-state index in [1.165, 1.54) is 18.3 Å². The van der Waals surface area contributed by atoms with E-state index in [-0.39, 0.29) is 5.69 Å². The monoisotopic (exact) mass is 403 g/mol. The first kappa shape index (κ1) is 19.1. The van der Waals surface area contributed by atoms with E-state index in [2.05, 4.69) is 10.5 Å². The van der Waals surface area contributed by atoms with Crippen molar-refractivity contribution in [3.05, 3.63) is 100 Å². The number of fused-ring (bicyclic) bond motifs is 1. The Morgan fingerprint density at radius 2 is 1.67 bits per heavy atom. The maximum Gasteiger partial charge on any atom is 0.285 e. The summed E-state index contributed by atoms with van der Waals surface area (Å²) in [4.78, 5) is 23.2. The van der Waals surface area contributed by atoms with Crippen molar-refractivity contribution in [2.75, 3.05) is 0 Å². The van der Waals surface area contributed by atoms with Gasteiger partial charge in [0.2, 0.25) is 6.10 Å². The molecular formula is C22H17N3O5. The van der Waals surface area contributed by atoms with Crippen LogP contribution in [-0.4, -0.2) is 23.1 Å². The first-order valence-corrected chi connectivity index (χ1v) is 9.16. The Morgan fingerprint density at radius 1 is 0.967 bits per heavy atom. The fraction of sp³-hybridized carbons (Fsp3) is 0.0909. The van der Waals surface area contributed by atoms with Crippen LogP contribution in [0.3, 0.4) is 0 Å². The highest BCUT2D eigenvalue weighted by atomic mass is 16.6. The van der Waals surface area contributed by atoms with Gasteiger partial charge in [0.25, 0.3) is 11.6 Å². The van der Waals surface area contributed by atoms with Gasteiger partial charge in [0, 0.05) is 17.7 Å². The number of nitro groups is 1. The van der Waals surface area contributed by atoms with Gasteiger partial charge in [-0.2, -0.15) is 5.10 Å². The number of benzene rings is 3. The van der Waals surface area contributed by atoms with Crippen LogP contribution in [0.2, 0.25) is 0 Å². The van der Waals surface area contributed by atoms with E-state index < -0.39 is 23.0 Å². The highest BCUT2D eigenvalue weighted by Gasteiger charge is 2.38. The van der Waals surface area contributed by atoms with Gasteiger partial charge in [0.05, 0.1) is 11.1 Å². The van der Waals surface area contributed by atoms with E-state index in [4.69, 9.17) is 9.47 Å². The Bertz CT molecular complexity index is 1100. The molecule has 0 radical (unpaired) electrons. The molecule has 0 saturated heterocycles. The summed E-state index contributed by atoms with van der Waals surface area (Å²) in [7, 11) is 0. The summed E-state index contributed by atoms with van der Waals surface area (Å²) in [6.45, 7) is 0. The summed E-state index contributed by atoms with van der Waals surface area (Å²) in [5, 5.41) is 14.8. The minimum atomic E-state index is -0.968. The lowest BCUT2D eigenvalue weighted by atomic mass is 10.0. The number of ether oxygens (including phenoxy) is 2. The quantitative estimate of drug-likeness (QED) is 0.398. The molecule has 3 aromatic rings. The van der Waals surface area contributed by atoms with Crippen LogP contribution < -0.4 is 14.9 Å². The van der Waals surface area contributed by atoms with Gasteiger partial charge < -0.3 is 9.47 Å². The number of nitrogens with zero attached hydrogens (tertiary/aromatic N) is 2. The molecule has 1 N–H and O–H groups in total. The zero-order chi connectivity index (χ0) is 20.9. The summed E-state index contributed by atoms with van der Waals surface area (Å²) in [5.74, 6) is 0.517. The lowest BCUT2D eigenvalue weighted by Crippen LogP contribution is -2.44. The van der Waals surface area contributed by atoms with Gasteiger partial charge in [0.15, 0.2) is 17.6 Å². The van der Waals surface area contributed by atoms with Crippen LogP contribution in [0, 0.1) is 10.1 Å². The molecule has 0 unspecified atom stereocenters. The predicted octanol–water partition coefficient (Wildman–Crippen LogP) is 3.63. The van der Waals surface area contributed by atoms with Crippen molar-refractivity contribution in [3.63, 3.8) is 0 Å². The minimum absolute atomic E-state index is 0.0601. The van der Waals surface area contributed by atoms with Crippen molar-refractivity contribution in [2.45, 2.75) is 12.2 Å². The number of hydrogen-bond acceptors (Lipinski definition) is 6. The van der Waals surface area contributed by atoms with Gasteiger partial charge in [-0.15, -0.1) is 0 Å². The van der Waals surface area contributed by atoms with Gasteiger partial charge in [-0.1, -0.05) is 54.6 Å². The first-order chi connectivity index (χ1) is 14.6. The normalized spacial score (nSPS) is 17.5. The van der Waals surface area contributed by atoms with Gasteiger partial charge in [-0.25, -0.2) is 5.43 Å². The zero-order valence-corrected chi connectivity index (χ0v) is 15.7. The topological polar surface area (TPSA) is 103 Å². The summed E-state index contributed by atoms with van der Waals surface area (Å²) >= 11 is 0. The van der Waals surface area contributed by atoms with Crippen LogP contribution in [0.1, 0.15) is 17.2 Å². The second-order valence-electron chi connectivity index (χ2n) is 6.52. The fourth-order valence-corrected chi connectivity index (χ4v) is 3.07. The SMILES string of the molecule is O=C(N/N=C\c1cccc([N+](=O)[O-])c1)[C@@H]1Oc2ccccc2O[C@H]1c1ccccc1. The number of carbonyl (C=O) groups is 1. The van der Waals surface area contributed by atoms with E-state index in [9.17, 15) is 14.9 Å². The molecule has 8 nitrogen and oxygen atoms in total. The molecule has 1 aliphatic rings. The van der Waals surface area contributed by atoms with Crippen molar-refractivity contribution in [2.24, 2.45) is 5.10 Å². The smallest absolute Gasteiger partial charge is 0.285 e. The zero-order valence-electron chi connectivity index (χ0n) is 15.7. The molecule has 0 bridgehead atoms. The summed E-state index contributed by atoms with van der Waals surface area (Å²) in [5.41, 5.74) is 3.64.